The van der Waals surface area contributed by atoms with Gasteiger partial charge in [0.2, 0.25) is 5.91 Å². The highest BCUT2D eigenvalue weighted by Gasteiger charge is 2.17. The second-order valence-corrected chi connectivity index (χ2v) is 5.12. The molecule has 0 fully saturated rings. The van der Waals surface area contributed by atoms with Crippen molar-refractivity contribution in [3.05, 3.63) is 29.8 Å². The highest BCUT2D eigenvalue weighted by Crippen LogP contribution is 2.18. The Labute approximate surface area is 114 Å². The van der Waals surface area contributed by atoms with Crippen LogP contribution in [0.25, 0.3) is 0 Å². The highest BCUT2D eigenvalue weighted by molar-refractivity contribution is 5.93. The summed E-state index contributed by atoms with van der Waals surface area (Å²) in [6.45, 7) is 6.14. The zero-order chi connectivity index (χ0) is 14.4. The second kappa shape index (κ2) is 6.92. The van der Waals surface area contributed by atoms with Gasteiger partial charge in [-0.2, -0.15) is 0 Å². The molecule has 0 aliphatic heterocycles. The number of anilines is 1. The summed E-state index contributed by atoms with van der Waals surface area (Å²) in [5.41, 5.74) is 1.87. The van der Waals surface area contributed by atoms with Crippen molar-refractivity contribution in [3.63, 3.8) is 0 Å². The van der Waals surface area contributed by atoms with E-state index in [1.807, 2.05) is 45.0 Å². The van der Waals surface area contributed by atoms with Gasteiger partial charge >= 0.3 is 5.97 Å². The van der Waals surface area contributed by atoms with Crippen LogP contribution in [-0.4, -0.2) is 23.5 Å². The SMILES string of the molecule is Cc1ccc(N(CCC(=O)O)C(=O)CC(C)C)cc1. The van der Waals surface area contributed by atoms with E-state index in [0.717, 1.165) is 11.3 Å². The summed E-state index contributed by atoms with van der Waals surface area (Å²) >= 11 is 0. The zero-order valence-corrected chi connectivity index (χ0v) is 11.7. The molecule has 1 aromatic rings. The molecule has 1 amide bonds. The van der Waals surface area contributed by atoms with Crippen molar-refractivity contribution in [1.29, 1.82) is 0 Å². The molecule has 0 saturated carbocycles. The van der Waals surface area contributed by atoms with E-state index in [9.17, 15) is 9.59 Å². The predicted octanol–water partition coefficient (Wildman–Crippen LogP) is 2.85. The molecule has 4 heteroatoms. The summed E-state index contributed by atoms with van der Waals surface area (Å²) in [6, 6.07) is 7.56. The van der Waals surface area contributed by atoms with Crippen LogP contribution in [0.1, 0.15) is 32.3 Å². The van der Waals surface area contributed by atoms with Gasteiger partial charge < -0.3 is 10.0 Å². The van der Waals surface area contributed by atoms with E-state index in [1.165, 1.54) is 0 Å². The molecule has 0 spiro atoms. The number of carboxylic acids is 1. The Morgan fingerprint density at radius 2 is 1.79 bits per heavy atom. The molecule has 0 radical (unpaired) electrons. The molecule has 0 unspecified atom stereocenters. The number of hydrogen-bond donors (Lipinski definition) is 1. The topological polar surface area (TPSA) is 57.6 Å². The molecule has 104 valence electrons. The normalized spacial score (nSPS) is 10.5. The molecule has 0 aliphatic rings. The fourth-order valence-corrected chi connectivity index (χ4v) is 1.79. The largest absolute Gasteiger partial charge is 0.481 e. The third-order valence-electron chi connectivity index (χ3n) is 2.78. The Hall–Kier alpha value is -1.84. The molecule has 0 saturated heterocycles. The Morgan fingerprint density at radius 3 is 2.26 bits per heavy atom. The fourth-order valence-electron chi connectivity index (χ4n) is 1.79. The first-order chi connectivity index (χ1) is 8.90. The van der Waals surface area contributed by atoms with E-state index in [0.29, 0.717) is 6.42 Å². The van der Waals surface area contributed by atoms with Gasteiger partial charge in [-0.1, -0.05) is 31.5 Å². The molecule has 0 heterocycles. The van der Waals surface area contributed by atoms with Crippen molar-refractivity contribution in [2.45, 2.75) is 33.6 Å². The maximum Gasteiger partial charge on any atom is 0.305 e. The van der Waals surface area contributed by atoms with E-state index >= 15 is 0 Å². The van der Waals surface area contributed by atoms with Crippen LogP contribution < -0.4 is 4.90 Å². The lowest BCUT2D eigenvalue weighted by atomic mass is 10.1. The summed E-state index contributed by atoms with van der Waals surface area (Å²) in [5.74, 6) is -0.667. The molecule has 1 N–H and O–H groups in total. The van der Waals surface area contributed by atoms with Crippen molar-refractivity contribution >= 4 is 17.6 Å². The van der Waals surface area contributed by atoms with Gasteiger partial charge in [-0.3, -0.25) is 9.59 Å². The monoisotopic (exact) mass is 263 g/mol. The molecule has 0 atom stereocenters. The predicted molar refractivity (Wildman–Crippen MR) is 75.2 cm³/mol. The van der Waals surface area contributed by atoms with Crippen LogP contribution in [0, 0.1) is 12.8 Å². The lowest BCUT2D eigenvalue weighted by molar-refractivity contribution is -0.136. The van der Waals surface area contributed by atoms with E-state index in [4.69, 9.17) is 5.11 Å². The van der Waals surface area contributed by atoms with E-state index < -0.39 is 5.97 Å². The molecule has 4 nitrogen and oxygen atoms in total. The smallest absolute Gasteiger partial charge is 0.305 e. The minimum atomic E-state index is -0.894. The third kappa shape index (κ3) is 5.12. The number of aliphatic carboxylic acids is 1. The second-order valence-electron chi connectivity index (χ2n) is 5.12. The van der Waals surface area contributed by atoms with Crippen LogP contribution in [0.3, 0.4) is 0 Å². The molecule has 0 aliphatic carbocycles. The molecule has 1 aromatic carbocycles. The lowest BCUT2D eigenvalue weighted by Gasteiger charge is -2.23. The van der Waals surface area contributed by atoms with Gasteiger partial charge in [0.15, 0.2) is 0 Å². The van der Waals surface area contributed by atoms with Crippen molar-refractivity contribution < 1.29 is 14.7 Å². The molecule has 1 rings (SSSR count). The molecule has 0 aromatic heterocycles. The Bertz CT molecular complexity index is 437. The van der Waals surface area contributed by atoms with Crippen molar-refractivity contribution in [3.8, 4) is 0 Å². The first-order valence-electron chi connectivity index (χ1n) is 6.49. The van der Waals surface area contributed by atoms with E-state index in [2.05, 4.69) is 0 Å². The summed E-state index contributed by atoms with van der Waals surface area (Å²) < 4.78 is 0. The van der Waals surface area contributed by atoms with Crippen LogP contribution in [0.15, 0.2) is 24.3 Å². The van der Waals surface area contributed by atoms with Crippen LogP contribution in [0.5, 0.6) is 0 Å². The number of carbonyl (C=O) groups is 2. The van der Waals surface area contributed by atoms with Crippen LogP contribution in [0.4, 0.5) is 5.69 Å². The van der Waals surface area contributed by atoms with Gasteiger partial charge in [-0.05, 0) is 25.0 Å². The number of rotatable bonds is 6. The van der Waals surface area contributed by atoms with Gasteiger partial charge in [0, 0.05) is 18.7 Å². The highest BCUT2D eigenvalue weighted by atomic mass is 16.4. The third-order valence-corrected chi connectivity index (χ3v) is 2.78. The van der Waals surface area contributed by atoms with Gasteiger partial charge in [-0.25, -0.2) is 0 Å². The Morgan fingerprint density at radius 1 is 1.21 bits per heavy atom. The minimum Gasteiger partial charge on any atom is -0.481 e. The number of aryl methyl sites for hydroxylation is 1. The average Bonchev–Trinajstić information content (AvgIpc) is 2.30. The van der Waals surface area contributed by atoms with Crippen molar-refractivity contribution in [2.24, 2.45) is 5.92 Å². The number of hydrogen-bond acceptors (Lipinski definition) is 2. The first kappa shape index (κ1) is 15.2. The van der Waals surface area contributed by atoms with Gasteiger partial charge in [0.25, 0.3) is 0 Å². The average molecular weight is 263 g/mol. The van der Waals surface area contributed by atoms with Crippen molar-refractivity contribution in [1.82, 2.24) is 0 Å². The number of carbonyl (C=O) groups excluding carboxylic acids is 1. The van der Waals surface area contributed by atoms with Gasteiger partial charge in [0.1, 0.15) is 0 Å². The molecule has 19 heavy (non-hydrogen) atoms. The minimum absolute atomic E-state index is 0.0277. The summed E-state index contributed by atoms with van der Waals surface area (Å²) in [5, 5.41) is 8.78. The molecule has 0 bridgehead atoms. The van der Waals surface area contributed by atoms with E-state index in [-0.39, 0.29) is 24.8 Å². The molecular weight excluding hydrogens is 242 g/mol. The maximum atomic E-state index is 12.2. The quantitative estimate of drug-likeness (QED) is 0.858. The maximum absolute atomic E-state index is 12.2. The summed E-state index contributed by atoms with van der Waals surface area (Å²) in [4.78, 5) is 24.4. The zero-order valence-electron chi connectivity index (χ0n) is 11.7. The fraction of sp³-hybridized carbons (Fsp3) is 0.467. The standard InChI is InChI=1S/C15H21NO3/c1-11(2)10-14(17)16(9-8-15(18)19)13-6-4-12(3)5-7-13/h4-7,11H,8-10H2,1-3H3,(H,18,19). The lowest BCUT2D eigenvalue weighted by Crippen LogP contribution is -2.33. The Kier molecular flexibility index (Phi) is 5.55. The van der Waals surface area contributed by atoms with Crippen LogP contribution >= 0.6 is 0 Å². The number of benzene rings is 1. The number of nitrogens with zero attached hydrogens (tertiary/aromatic N) is 1. The Balaban J connectivity index is 2.87. The summed E-state index contributed by atoms with van der Waals surface area (Å²) in [6.07, 6.45) is 0.380. The number of amides is 1. The van der Waals surface area contributed by atoms with E-state index in [1.54, 1.807) is 4.90 Å². The van der Waals surface area contributed by atoms with Crippen LogP contribution in [-0.2, 0) is 9.59 Å². The molecular formula is C15H21NO3. The van der Waals surface area contributed by atoms with Gasteiger partial charge in [0.05, 0.1) is 6.42 Å². The van der Waals surface area contributed by atoms with Gasteiger partial charge in [-0.15, -0.1) is 0 Å². The summed E-state index contributed by atoms with van der Waals surface area (Å²) in [7, 11) is 0. The number of carboxylic acid groups (broad SMARTS) is 1. The first-order valence-corrected chi connectivity index (χ1v) is 6.49. The van der Waals surface area contributed by atoms with Crippen molar-refractivity contribution in [2.75, 3.05) is 11.4 Å². The van der Waals surface area contributed by atoms with Crippen LogP contribution in [0.2, 0.25) is 0 Å².